The number of amides is 1. The number of nitrogens with zero attached hydrogens (tertiary/aromatic N) is 5. The number of hydrogen-bond donors (Lipinski definition) is 2. The molecule has 1 fully saturated rings. The van der Waals surface area contributed by atoms with Gasteiger partial charge in [0.1, 0.15) is 23.6 Å². The number of aromatic amines is 1. The van der Waals surface area contributed by atoms with Gasteiger partial charge in [-0.25, -0.2) is 15.0 Å². The van der Waals surface area contributed by atoms with Crippen molar-refractivity contribution in [1.82, 2.24) is 25.3 Å². The van der Waals surface area contributed by atoms with Gasteiger partial charge in [0, 0.05) is 45.6 Å². The van der Waals surface area contributed by atoms with Crippen molar-refractivity contribution in [3.63, 3.8) is 0 Å². The van der Waals surface area contributed by atoms with E-state index in [2.05, 4.69) is 35.1 Å². The molecule has 1 aliphatic rings. The first-order valence-electron chi connectivity index (χ1n) is 8.61. The lowest BCUT2D eigenvalue weighted by Crippen LogP contribution is -2.35. The average Bonchev–Trinajstić information content (AvgIpc) is 3.36. The molecule has 8 nitrogen and oxygen atoms in total. The van der Waals surface area contributed by atoms with Gasteiger partial charge in [0.2, 0.25) is 0 Å². The Bertz CT molecular complexity index is 921. The number of carbonyl (C=O) groups excluding carboxylic acids is 1. The van der Waals surface area contributed by atoms with Crippen LogP contribution in [0.25, 0.3) is 11.0 Å². The Morgan fingerprint density at radius 3 is 2.96 bits per heavy atom. The molecule has 1 unspecified atom stereocenters. The van der Waals surface area contributed by atoms with Crippen molar-refractivity contribution in [3.05, 3.63) is 42.5 Å². The predicted molar refractivity (Wildman–Crippen MR) is 101 cm³/mol. The summed E-state index contributed by atoms with van der Waals surface area (Å²) in [6.45, 7) is 1.80. The largest absolute Gasteiger partial charge is 0.355 e. The lowest BCUT2D eigenvalue weighted by molar-refractivity contribution is 0.0963. The summed E-state index contributed by atoms with van der Waals surface area (Å²) in [5.74, 6) is 1.70. The summed E-state index contributed by atoms with van der Waals surface area (Å²) in [5.41, 5.74) is 1.42. The van der Waals surface area contributed by atoms with Crippen molar-refractivity contribution in [1.29, 1.82) is 0 Å². The fourth-order valence-corrected chi connectivity index (χ4v) is 3.42. The van der Waals surface area contributed by atoms with E-state index in [1.165, 1.54) is 0 Å². The van der Waals surface area contributed by atoms with Crippen molar-refractivity contribution in [3.8, 4) is 0 Å². The molecule has 1 amide bonds. The van der Waals surface area contributed by atoms with Gasteiger partial charge in [0.15, 0.2) is 0 Å². The van der Waals surface area contributed by atoms with Crippen LogP contribution < -0.4 is 15.1 Å². The van der Waals surface area contributed by atoms with Gasteiger partial charge in [-0.15, -0.1) is 0 Å². The molecule has 8 heteroatoms. The maximum absolute atomic E-state index is 11.6. The molecule has 1 aliphatic heterocycles. The molecule has 26 heavy (non-hydrogen) atoms. The maximum Gasteiger partial charge on any atom is 0.252 e. The van der Waals surface area contributed by atoms with Crippen LogP contribution in [0.3, 0.4) is 0 Å². The van der Waals surface area contributed by atoms with E-state index < -0.39 is 0 Å². The van der Waals surface area contributed by atoms with Crippen LogP contribution in [0.5, 0.6) is 0 Å². The summed E-state index contributed by atoms with van der Waals surface area (Å²) in [5, 5.41) is 3.65. The van der Waals surface area contributed by atoms with Crippen molar-refractivity contribution < 1.29 is 4.79 Å². The van der Waals surface area contributed by atoms with Gasteiger partial charge in [-0.2, -0.15) is 0 Å². The lowest BCUT2D eigenvalue weighted by Gasteiger charge is -2.26. The molecular weight excluding hydrogens is 330 g/mol. The van der Waals surface area contributed by atoms with Crippen LogP contribution in [0.2, 0.25) is 0 Å². The third-order valence-corrected chi connectivity index (χ3v) is 4.94. The van der Waals surface area contributed by atoms with Gasteiger partial charge < -0.3 is 20.1 Å². The van der Waals surface area contributed by atoms with E-state index in [0.717, 1.165) is 42.2 Å². The van der Waals surface area contributed by atoms with E-state index >= 15 is 0 Å². The average molecular weight is 351 g/mol. The first kappa shape index (κ1) is 16.3. The molecule has 4 rings (SSSR count). The Kier molecular flexibility index (Phi) is 4.16. The highest BCUT2D eigenvalue weighted by Crippen LogP contribution is 2.28. The molecule has 3 aromatic heterocycles. The zero-order valence-electron chi connectivity index (χ0n) is 14.8. The standard InChI is InChI=1S/C18H21N7O/c1-19-18(26)12-3-4-15(21-9-12)24(2)13-6-8-25(10-13)17-14-5-7-20-16(14)22-11-23-17/h3-5,7,9,11,13H,6,8,10H2,1-2H3,(H,19,26)(H,20,22,23). The second-order valence-electron chi connectivity index (χ2n) is 6.42. The number of aromatic nitrogens is 4. The number of pyridine rings is 1. The Balaban J connectivity index is 1.49. The number of rotatable bonds is 4. The number of H-pyrrole nitrogens is 1. The zero-order valence-corrected chi connectivity index (χ0v) is 14.8. The number of likely N-dealkylation sites (N-methyl/N-ethyl adjacent to an activating group) is 1. The van der Waals surface area contributed by atoms with Crippen molar-refractivity contribution in [2.45, 2.75) is 12.5 Å². The van der Waals surface area contributed by atoms with Crippen LogP contribution in [-0.2, 0) is 0 Å². The molecule has 0 bridgehead atoms. The Morgan fingerprint density at radius 2 is 2.19 bits per heavy atom. The molecule has 134 valence electrons. The second-order valence-corrected chi connectivity index (χ2v) is 6.42. The molecule has 2 N–H and O–H groups in total. The highest BCUT2D eigenvalue weighted by molar-refractivity contribution is 5.93. The summed E-state index contributed by atoms with van der Waals surface area (Å²) in [4.78, 5) is 32.4. The maximum atomic E-state index is 11.6. The molecule has 0 aromatic carbocycles. The molecule has 0 radical (unpaired) electrons. The van der Waals surface area contributed by atoms with Crippen LogP contribution in [0.15, 0.2) is 36.9 Å². The van der Waals surface area contributed by atoms with Crippen LogP contribution in [0.1, 0.15) is 16.8 Å². The summed E-state index contributed by atoms with van der Waals surface area (Å²) in [7, 11) is 3.66. The van der Waals surface area contributed by atoms with Gasteiger partial charge in [0.25, 0.3) is 5.91 Å². The SMILES string of the molecule is CNC(=O)c1ccc(N(C)C2CCN(c3ncnc4[nH]ccc34)C2)nc1. The Hall–Kier alpha value is -3.16. The summed E-state index contributed by atoms with van der Waals surface area (Å²) < 4.78 is 0. The van der Waals surface area contributed by atoms with Crippen LogP contribution in [-0.4, -0.2) is 59.1 Å². The molecule has 4 heterocycles. The smallest absolute Gasteiger partial charge is 0.252 e. The number of anilines is 2. The van der Waals surface area contributed by atoms with Crippen LogP contribution in [0, 0.1) is 0 Å². The third kappa shape index (κ3) is 2.83. The quantitative estimate of drug-likeness (QED) is 0.739. The summed E-state index contributed by atoms with van der Waals surface area (Å²) >= 11 is 0. The lowest BCUT2D eigenvalue weighted by atomic mass is 10.2. The third-order valence-electron chi connectivity index (χ3n) is 4.94. The van der Waals surface area contributed by atoms with Gasteiger partial charge in [-0.3, -0.25) is 4.79 Å². The molecule has 1 saturated heterocycles. The van der Waals surface area contributed by atoms with Gasteiger partial charge in [-0.1, -0.05) is 0 Å². The normalized spacial score (nSPS) is 16.8. The molecule has 0 aliphatic carbocycles. The van der Waals surface area contributed by atoms with Crippen LogP contribution in [0.4, 0.5) is 11.6 Å². The van der Waals surface area contributed by atoms with Gasteiger partial charge >= 0.3 is 0 Å². The first-order valence-corrected chi connectivity index (χ1v) is 8.61. The predicted octanol–water partition coefficient (Wildman–Crippen LogP) is 1.43. The van der Waals surface area contributed by atoms with Crippen LogP contribution >= 0.6 is 0 Å². The van der Waals surface area contributed by atoms with Crippen molar-refractivity contribution >= 4 is 28.6 Å². The molecule has 0 saturated carbocycles. The number of fused-ring (bicyclic) bond motifs is 1. The van der Waals surface area contributed by atoms with E-state index in [1.807, 2.05) is 25.4 Å². The highest BCUT2D eigenvalue weighted by Gasteiger charge is 2.28. The summed E-state index contributed by atoms with van der Waals surface area (Å²) in [6, 6.07) is 6.04. The van der Waals surface area contributed by atoms with E-state index in [-0.39, 0.29) is 5.91 Å². The number of hydrogen-bond acceptors (Lipinski definition) is 6. The van der Waals surface area contributed by atoms with E-state index in [4.69, 9.17) is 0 Å². The first-order chi connectivity index (χ1) is 12.7. The minimum Gasteiger partial charge on any atom is -0.355 e. The van der Waals surface area contributed by atoms with Gasteiger partial charge in [0.05, 0.1) is 10.9 Å². The molecular formula is C18H21N7O. The number of nitrogens with one attached hydrogen (secondary N) is 2. The number of carbonyl (C=O) groups is 1. The minimum atomic E-state index is -0.127. The highest BCUT2D eigenvalue weighted by atomic mass is 16.1. The molecule has 1 atom stereocenters. The van der Waals surface area contributed by atoms with E-state index in [1.54, 1.807) is 25.6 Å². The summed E-state index contributed by atoms with van der Waals surface area (Å²) in [6.07, 6.45) is 6.13. The fraction of sp³-hybridized carbons (Fsp3) is 0.333. The second kappa shape index (κ2) is 6.62. The van der Waals surface area contributed by atoms with Crippen molar-refractivity contribution in [2.24, 2.45) is 0 Å². The monoisotopic (exact) mass is 351 g/mol. The van der Waals surface area contributed by atoms with E-state index in [9.17, 15) is 4.79 Å². The van der Waals surface area contributed by atoms with Gasteiger partial charge in [-0.05, 0) is 24.6 Å². The zero-order chi connectivity index (χ0) is 18.1. The molecule has 0 spiro atoms. The molecule has 3 aromatic rings. The Morgan fingerprint density at radius 1 is 1.31 bits per heavy atom. The topological polar surface area (TPSA) is 90.0 Å². The fourth-order valence-electron chi connectivity index (χ4n) is 3.42. The minimum absolute atomic E-state index is 0.127. The van der Waals surface area contributed by atoms with E-state index in [0.29, 0.717) is 11.6 Å². The van der Waals surface area contributed by atoms with Crippen molar-refractivity contribution in [2.75, 3.05) is 37.0 Å². The Labute approximate surface area is 151 Å².